The summed E-state index contributed by atoms with van der Waals surface area (Å²) >= 11 is 0. The predicted octanol–water partition coefficient (Wildman–Crippen LogP) is 2.23. The molecule has 1 amide bonds. The van der Waals surface area contributed by atoms with Crippen LogP contribution in [0.15, 0.2) is 18.2 Å². The highest BCUT2D eigenvalue weighted by Gasteiger charge is 2.27. The Morgan fingerprint density at radius 1 is 1.40 bits per heavy atom. The molecule has 0 saturated carbocycles. The molecule has 2 rings (SSSR count). The summed E-state index contributed by atoms with van der Waals surface area (Å²) in [5.74, 6) is -0.297. The Bertz CT molecular complexity index is 527. The van der Waals surface area contributed by atoms with Gasteiger partial charge in [-0.1, -0.05) is 13.0 Å². The van der Waals surface area contributed by atoms with E-state index < -0.39 is 12.1 Å². The number of carbonyl (C=O) groups excluding carboxylic acids is 1. The summed E-state index contributed by atoms with van der Waals surface area (Å²) in [6, 6.07) is 5.45. The monoisotopic (exact) mass is 277 g/mol. The van der Waals surface area contributed by atoms with E-state index in [1.165, 1.54) is 0 Å². The number of rotatable bonds is 5. The summed E-state index contributed by atoms with van der Waals surface area (Å²) in [6.07, 6.45) is 0.575. The Hall–Kier alpha value is -2.04. The van der Waals surface area contributed by atoms with Gasteiger partial charge in [0.2, 0.25) is 5.91 Å². The van der Waals surface area contributed by atoms with Crippen molar-refractivity contribution < 1.29 is 19.4 Å². The van der Waals surface area contributed by atoms with Gasteiger partial charge in [-0.2, -0.15) is 0 Å². The van der Waals surface area contributed by atoms with Crippen molar-refractivity contribution in [3.63, 3.8) is 0 Å². The zero-order valence-corrected chi connectivity index (χ0v) is 11.8. The standard InChI is InChI=1S/C15H19NO4/c1-3-12(15(18)19)20-13-7-5-6-11-10(13)8-9-14(17)16(11)4-2/h5-7,12H,3-4,8-9H2,1-2H3,(H,18,19). The van der Waals surface area contributed by atoms with Crippen molar-refractivity contribution in [2.24, 2.45) is 0 Å². The van der Waals surface area contributed by atoms with Crippen LogP contribution < -0.4 is 9.64 Å². The smallest absolute Gasteiger partial charge is 0.344 e. The van der Waals surface area contributed by atoms with Crippen molar-refractivity contribution in [1.82, 2.24) is 0 Å². The van der Waals surface area contributed by atoms with Crippen LogP contribution in [0.5, 0.6) is 5.75 Å². The minimum atomic E-state index is -0.968. The number of amides is 1. The average Bonchev–Trinajstić information content (AvgIpc) is 2.44. The van der Waals surface area contributed by atoms with Gasteiger partial charge in [0.25, 0.3) is 0 Å². The molecule has 1 heterocycles. The first-order chi connectivity index (χ1) is 9.58. The second-order valence-electron chi connectivity index (χ2n) is 4.74. The van der Waals surface area contributed by atoms with E-state index in [-0.39, 0.29) is 5.91 Å². The van der Waals surface area contributed by atoms with Gasteiger partial charge in [0, 0.05) is 18.5 Å². The maximum atomic E-state index is 11.9. The lowest BCUT2D eigenvalue weighted by Crippen LogP contribution is -2.35. The molecule has 0 aromatic heterocycles. The van der Waals surface area contributed by atoms with Gasteiger partial charge in [-0.25, -0.2) is 4.79 Å². The van der Waals surface area contributed by atoms with Crippen molar-refractivity contribution in [2.75, 3.05) is 11.4 Å². The van der Waals surface area contributed by atoms with Crippen molar-refractivity contribution in [3.05, 3.63) is 23.8 Å². The number of hydrogen-bond donors (Lipinski definition) is 1. The van der Waals surface area contributed by atoms with Gasteiger partial charge in [0.15, 0.2) is 6.10 Å². The van der Waals surface area contributed by atoms with Crippen LogP contribution in [0, 0.1) is 0 Å². The number of anilines is 1. The maximum Gasteiger partial charge on any atom is 0.344 e. The molecular weight excluding hydrogens is 258 g/mol. The van der Waals surface area contributed by atoms with Gasteiger partial charge >= 0.3 is 5.97 Å². The number of carbonyl (C=O) groups is 2. The van der Waals surface area contributed by atoms with E-state index in [4.69, 9.17) is 9.84 Å². The molecule has 1 atom stereocenters. The molecule has 0 fully saturated rings. The highest BCUT2D eigenvalue weighted by atomic mass is 16.5. The zero-order valence-electron chi connectivity index (χ0n) is 11.8. The predicted molar refractivity (Wildman–Crippen MR) is 75.1 cm³/mol. The van der Waals surface area contributed by atoms with Gasteiger partial charge in [-0.15, -0.1) is 0 Å². The minimum Gasteiger partial charge on any atom is -0.479 e. The fourth-order valence-corrected chi connectivity index (χ4v) is 2.48. The maximum absolute atomic E-state index is 11.9. The number of benzene rings is 1. The lowest BCUT2D eigenvalue weighted by molar-refractivity contribution is -0.145. The van der Waals surface area contributed by atoms with Crippen LogP contribution >= 0.6 is 0 Å². The molecule has 0 radical (unpaired) electrons. The van der Waals surface area contributed by atoms with E-state index in [0.717, 1.165) is 11.3 Å². The molecule has 1 aromatic rings. The Kier molecular flexibility index (Phi) is 4.27. The van der Waals surface area contributed by atoms with E-state index in [0.29, 0.717) is 31.6 Å². The van der Waals surface area contributed by atoms with Gasteiger partial charge in [0.05, 0.1) is 5.69 Å². The number of hydrogen-bond acceptors (Lipinski definition) is 3. The van der Waals surface area contributed by atoms with E-state index in [1.54, 1.807) is 24.0 Å². The molecule has 108 valence electrons. The number of fused-ring (bicyclic) bond motifs is 1. The van der Waals surface area contributed by atoms with Gasteiger partial charge in [-0.05, 0) is 31.9 Å². The molecule has 5 heteroatoms. The third kappa shape index (κ3) is 2.61. The number of carboxylic acid groups (broad SMARTS) is 1. The third-order valence-corrected chi connectivity index (χ3v) is 3.52. The lowest BCUT2D eigenvalue weighted by Gasteiger charge is -2.30. The number of carboxylic acids is 1. The highest BCUT2D eigenvalue weighted by Crippen LogP contribution is 2.35. The second-order valence-corrected chi connectivity index (χ2v) is 4.74. The Morgan fingerprint density at radius 2 is 2.15 bits per heavy atom. The van der Waals surface area contributed by atoms with Crippen LogP contribution in [0.4, 0.5) is 5.69 Å². The molecule has 1 aliphatic rings. The minimum absolute atomic E-state index is 0.0995. The summed E-state index contributed by atoms with van der Waals surface area (Å²) in [5.41, 5.74) is 1.76. The third-order valence-electron chi connectivity index (χ3n) is 3.52. The lowest BCUT2D eigenvalue weighted by atomic mass is 10.00. The fourth-order valence-electron chi connectivity index (χ4n) is 2.48. The number of aliphatic carboxylic acids is 1. The molecule has 5 nitrogen and oxygen atoms in total. The van der Waals surface area contributed by atoms with Gasteiger partial charge in [-0.3, -0.25) is 4.79 Å². The molecule has 0 bridgehead atoms. The topological polar surface area (TPSA) is 66.8 Å². The molecule has 1 aliphatic heterocycles. The van der Waals surface area contributed by atoms with Crippen LogP contribution in [0.25, 0.3) is 0 Å². The van der Waals surface area contributed by atoms with Gasteiger partial charge in [0.1, 0.15) is 5.75 Å². The Labute approximate surface area is 118 Å². The Balaban J connectivity index is 2.35. The molecule has 20 heavy (non-hydrogen) atoms. The Morgan fingerprint density at radius 3 is 2.75 bits per heavy atom. The van der Waals surface area contributed by atoms with Gasteiger partial charge < -0.3 is 14.7 Å². The molecule has 1 N–H and O–H groups in total. The molecule has 1 unspecified atom stereocenters. The number of nitrogens with zero attached hydrogens (tertiary/aromatic N) is 1. The van der Waals surface area contributed by atoms with E-state index in [2.05, 4.69) is 0 Å². The van der Waals surface area contributed by atoms with Crippen molar-refractivity contribution >= 4 is 17.6 Å². The van der Waals surface area contributed by atoms with E-state index >= 15 is 0 Å². The quantitative estimate of drug-likeness (QED) is 0.896. The van der Waals surface area contributed by atoms with Crippen LogP contribution in [0.1, 0.15) is 32.3 Å². The van der Waals surface area contributed by atoms with Crippen LogP contribution in [0.3, 0.4) is 0 Å². The molecule has 1 aromatic carbocycles. The number of ether oxygens (including phenoxy) is 1. The molecule has 0 saturated heterocycles. The van der Waals surface area contributed by atoms with E-state index in [9.17, 15) is 9.59 Å². The summed E-state index contributed by atoms with van der Waals surface area (Å²) in [7, 11) is 0. The summed E-state index contributed by atoms with van der Waals surface area (Å²) < 4.78 is 5.61. The molecule has 0 aliphatic carbocycles. The van der Waals surface area contributed by atoms with Crippen LogP contribution in [0.2, 0.25) is 0 Å². The first-order valence-corrected chi connectivity index (χ1v) is 6.90. The molecule has 0 spiro atoms. The van der Waals surface area contributed by atoms with Crippen molar-refractivity contribution in [2.45, 2.75) is 39.2 Å². The average molecular weight is 277 g/mol. The largest absolute Gasteiger partial charge is 0.479 e. The summed E-state index contributed by atoms with van der Waals surface area (Å²) in [5, 5.41) is 9.09. The van der Waals surface area contributed by atoms with E-state index in [1.807, 2.05) is 13.0 Å². The first kappa shape index (κ1) is 14.4. The molecular formula is C15H19NO4. The first-order valence-electron chi connectivity index (χ1n) is 6.90. The normalized spacial score (nSPS) is 15.7. The second kappa shape index (κ2) is 5.94. The zero-order chi connectivity index (χ0) is 14.7. The van der Waals surface area contributed by atoms with Crippen LogP contribution in [-0.4, -0.2) is 29.6 Å². The fraction of sp³-hybridized carbons (Fsp3) is 0.467. The van der Waals surface area contributed by atoms with Crippen LogP contribution in [-0.2, 0) is 16.0 Å². The van der Waals surface area contributed by atoms with Crippen molar-refractivity contribution in [3.8, 4) is 5.75 Å². The SMILES string of the molecule is CCC(Oc1cccc2c1CCC(=O)N2CC)C(=O)O. The summed E-state index contributed by atoms with van der Waals surface area (Å²) in [4.78, 5) is 24.7. The van der Waals surface area contributed by atoms with Crippen molar-refractivity contribution in [1.29, 1.82) is 0 Å². The summed E-state index contributed by atoms with van der Waals surface area (Å²) in [6.45, 7) is 4.30. The highest BCUT2D eigenvalue weighted by molar-refractivity contribution is 5.96.